The second-order valence-corrected chi connectivity index (χ2v) is 17.3. The van der Waals surface area contributed by atoms with E-state index >= 15 is 0 Å². The molecule has 1 saturated heterocycles. The lowest BCUT2D eigenvalue weighted by Crippen LogP contribution is -2.67. The Balaban J connectivity index is 1.33. The van der Waals surface area contributed by atoms with Crippen molar-refractivity contribution in [1.29, 1.82) is 0 Å². The van der Waals surface area contributed by atoms with Gasteiger partial charge in [-0.1, -0.05) is 46.8 Å². The molecule has 5 N–H and O–H groups in total. The van der Waals surface area contributed by atoms with Gasteiger partial charge in [-0.25, -0.2) is 0 Å². The first kappa shape index (κ1) is 32.9. The summed E-state index contributed by atoms with van der Waals surface area (Å²) in [6.07, 6.45) is 1.96. The Morgan fingerprint density at radius 1 is 0.818 bits per heavy atom. The molecule has 6 rings (SSSR count). The predicted octanol–water partition coefficient (Wildman–Crippen LogP) is 4.35. The molecule has 6 fully saturated rings. The van der Waals surface area contributed by atoms with Crippen molar-refractivity contribution in [3.8, 4) is 0 Å². The largest absolute Gasteiger partial charge is 0.432 e. The van der Waals surface area contributed by atoms with Crippen molar-refractivity contribution in [2.75, 3.05) is 6.61 Å². The molecule has 0 radical (unpaired) electrons. The molecule has 250 valence electrons. The fraction of sp³-hybridized carbons (Fsp3) is 0.917. The summed E-state index contributed by atoms with van der Waals surface area (Å²) < 4.78 is 11.6. The van der Waals surface area contributed by atoms with Crippen molar-refractivity contribution in [3.05, 3.63) is 12.2 Å². The van der Waals surface area contributed by atoms with Crippen LogP contribution >= 0.6 is 0 Å². The second-order valence-electron chi connectivity index (χ2n) is 17.3. The van der Waals surface area contributed by atoms with Crippen molar-refractivity contribution >= 4 is 5.97 Å². The number of hydrogen-bond acceptors (Lipinski definition) is 8. The number of aliphatic hydroxyl groups is 5. The Labute approximate surface area is 263 Å². The minimum atomic E-state index is -1.61. The minimum absolute atomic E-state index is 0.0275. The van der Waals surface area contributed by atoms with Gasteiger partial charge in [0.1, 0.15) is 24.4 Å². The maximum Gasteiger partial charge on any atom is 0.314 e. The molecule has 1 heterocycles. The van der Waals surface area contributed by atoms with Crippen LogP contribution < -0.4 is 0 Å². The van der Waals surface area contributed by atoms with Crippen LogP contribution in [0, 0.1) is 56.7 Å². The molecule has 8 nitrogen and oxygen atoms in total. The molecule has 5 saturated carbocycles. The van der Waals surface area contributed by atoms with Crippen LogP contribution in [0.15, 0.2) is 12.2 Å². The van der Waals surface area contributed by atoms with E-state index in [2.05, 4.69) is 48.1 Å². The number of carbonyl (C=O) groups excluding carboxylic acids is 1. The summed E-state index contributed by atoms with van der Waals surface area (Å²) in [4.78, 5) is 14.4. The molecule has 1 unspecified atom stereocenters. The number of aliphatic hydroxyl groups excluding tert-OH is 5. The molecule has 6 aliphatic rings. The molecular weight excluding hydrogens is 560 g/mol. The Hall–Kier alpha value is -1.03. The van der Waals surface area contributed by atoms with Gasteiger partial charge >= 0.3 is 5.97 Å². The first-order valence-electron chi connectivity index (χ1n) is 17.3. The van der Waals surface area contributed by atoms with Crippen LogP contribution in [0.3, 0.4) is 0 Å². The van der Waals surface area contributed by atoms with Crippen molar-refractivity contribution in [1.82, 2.24) is 0 Å². The van der Waals surface area contributed by atoms with Gasteiger partial charge in [0.2, 0.25) is 6.29 Å². The summed E-state index contributed by atoms with van der Waals surface area (Å²) in [5, 5.41) is 52.0. The summed E-state index contributed by atoms with van der Waals surface area (Å²) in [7, 11) is 0. The van der Waals surface area contributed by atoms with Crippen molar-refractivity contribution in [2.24, 2.45) is 56.7 Å². The number of carbonyl (C=O) groups is 1. The van der Waals surface area contributed by atoms with E-state index in [1.165, 1.54) is 0 Å². The fourth-order valence-corrected chi connectivity index (χ4v) is 12.9. The van der Waals surface area contributed by atoms with Crippen LogP contribution in [-0.4, -0.2) is 74.9 Å². The van der Waals surface area contributed by atoms with Gasteiger partial charge in [0, 0.05) is 0 Å². The van der Waals surface area contributed by atoms with E-state index in [0.29, 0.717) is 30.6 Å². The average molecular weight is 619 g/mol. The average Bonchev–Trinajstić information content (AvgIpc) is 3.37. The third-order valence-electron chi connectivity index (χ3n) is 15.5. The summed E-state index contributed by atoms with van der Waals surface area (Å²) in [6.45, 7) is 18.1. The highest BCUT2D eigenvalue weighted by Gasteiger charge is 2.72. The lowest BCUT2D eigenvalue weighted by molar-refractivity contribution is -0.299. The van der Waals surface area contributed by atoms with Crippen LogP contribution in [0.2, 0.25) is 0 Å². The van der Waals surface area contributed by atoms with Gasteiger partial charge in [-0.05, 0) is 122 Å². The maximum absolute atomic E-state index is 14.4. The van der Waals surface area contributed by atoms with Crippen LogP contribution in [0.1, 0.15) is 106 Å². The van der Waals surface area contributed by atoms with E-state index in [4.69, 9.17) is 9.47 Å². The van der Waals surface area contributed by atoms with Crippen molar-refractivity contribution in [2.45, 2.75) is 143 Å². The van der Waals surface area contributed by atoms with E-state index in [1.807, 2.05) is 0 Å². The molecule has 0 aromatic rings. The van der Waals surface area contributed by atoms with Gasteiger partial charge in [0.05, 0.1) is 18.1 Å². The summed E-state index contributed by atoms with van der Waals surface area (Å²) >= 11 is 0. The normalized spacial score (nSPS) is 54.8. The van der Waals surface area contributed by atoms with Crippen molar-refractivity contribution < 1.29 is 39.8 Å². The molecule has 0 spiro atoms. The zero-order chi connectivity index (χ0) is 32.2. The Morgan fingerprint density at radius 2 is 1.52 bits per heavy atom. The number of ether oxygens (including phenoxy) is 2. The molecule has 0 bridgehead atoms. The number of hydrogen-bond donors (Lipinski definition) is 5. The van der Waals surface area contributed by atoms with E-state index in [1.54, 1.807) is 0 Å². The third kappa shape index (κ3) is 4.26. The third-order valence-corrected chi connectivity index (χ3v) is 15.5. The van der Waals surface area contributed by atoms with Crippen LogP contribution in [-0.2, 0) is 14.3 Å². The van der Waals surface area contributed by atoms with Crippen molar-refractivity contribution in [3.63, 3.8) is 0 Å². The molecule has 8 heteroatoms. The Bertz CT molecular complexity index is 1150. The van der Waals surface area contributed by atoms with E-state index in [-0.39, 0.29) is 39.6 Å². The van der Waals surface area contributed by atoms with Gasteiger partial charge in [-0.15, -0.1) is 0 Å². The predicted molar refractivity (Wildman–Crippen MR) is 165 cm³/mol. The molecule has 5 aliphatic carbocycles. The highest BCUT2D eigenvalue weighted by Crippen LogP contribution is 2.77. The molecule has 0 aromatic carbocycles. The van der Waals surface area contributed by atoms with Gasteiger partial charge in [-0.2, -0.15) is 0 Å². The summed E-state index contributed by atoms with van der Waals surface area (Å²) in [5.41, 5.74) is 0.568. The fourth-order valence-electron chi connectivity index (χ4n) is 12.9. The summed E-state index contributed by atoms with van der Waals surface area (Å²) in [6, 6.07) is 0. The number of esters is 1. The lowest BCUT2D eigenvalue weighted by Gasteiger charge is -2.72. The summed E-state index contributed by atoms with van der Waals surface area (Å²) in [5.74, 6) is 1.21. The highest BCUT2D eigenvalue weighted by atomic mass is 16.7. The molecular formula is C36H58O8. The van der Waals surface area contributed by atoms with Gasteiger partial charge in [0.25, 0.3) is 0 Å². The molecule has 0 aromatic heterocycles. The van der Waals surface area contributed by atoms with Gasteiger partial charge < -0.3 is 35.0 Å². The topological polar surface area (TPSA) is 137 Å². The quantitative estimate of drug-likeness (QED) is 0.232. The van der Waals surface area contributed by atoms with E-state index in [0.717, 1.165) is 56.9 Å². The van der Waals surface area contributed by atoms with E-state index < -0.39 is 48.7 Å². The molecule has 1 aliphatic heterocycles. The van der Waals surface area contributed by atoms with Gasteiger partial charge in [0.15, 0.2) is 0 Å². The molecule has 15 atom stereocenters. The smallest absolute Gasteiger partial charge is 0.314 e. The highest BCUT2D eigenvalue weighted by molar-refractivity contribution is 5.78. The second kappa shape index (κ2) is 10.7. The SMILES string of the molecule is C=C(C)[C@@H]1CC[C@]2(C(=O)OC3O[C@H](CO)[C@H](O)[C@H](O)[C@H]3O)CC[C@]3(C)[C@H](CC[C@@H]4[C@@]5(C)CC[C@H](O)C(C)(C)[C@@H]5CC[C@]43C)[C@@H]12. The zero-order valence-corrected chi connectivity index (χ0v) is 27.8. The van der Waals surface area contributed by atoms with Gasteiger partial charge in [-0.3, -0.25) is 4.79 Å². The Morgan fingerprint density at radius 3 is 2.18 bits per heavy atom. The zero-order valence-electron chi connectivity index (χ0n) is 27.8. The van der Waals surface area contributed by atoms with Crippen LogP contribution in [0.5, 0.6) is 0 Å². The maximum atomic E-state index is 14.4. The monoisotopic (exact) mass is 618 g/mol. The Kier molecular flexibility index (Phi) is 8.03. The van der Waals surface area contributed by atoms with Crippen LogP contribution in [0.25, 0.3) is 0 Å². The number of rotatable bonds is 4. The van der Waals surface area contributed by atoms with Crippen LogP contribution in [0.4, 0.5) is 0 Å². The number of allylic oxidation sites excluding steroid dienone is 1. The molecule has 0 amide bonds. The van der Waals surface area contributed by atoms with E-state index in [9.17, 15) is 30.3 Å². The molecule has 44 heavy (non-hydrogen) atoms. The minimum Gasteiger partial charge on any atom is -0.432 e. The number of fused-ring (bicyclic) bond motifs is 7. The lowest BCUT2D eigenvalue weighted by atomic mass is 9.32. The first-order valence-corrected chi connectivity index (χ1v) is 17.3. The standard InChI is InChI=1S/C36H58O8/c1-19(2)20-10-15-36(31(42)44-30-29(41)28(40)27(39)22(18-37)43-30)17-16-34(6)21(26(20)36)8-9-24-33(5)13-12-25(38)32(3,4)23(33)11-14-35(24,34)7/h20-30,37-41H,1,8-18H2,2-7H3/t20-,21+,22+,23-,24+,25-,26+,27-,28-,29+,30?,33-,34+,35+,36-/m0/s1. The first-order chi connectivity index (χ1) is 20.5.